The van der Waals surface area contributed by atoms with Crippen molar-refractivity contribution in [2.24, 2.45) is 0 Å². The van der Waals surface area contributed by atoms with Gasteiger partial charge in [-0.3, -0.25) is 9.59 Å². The second-order valence-corrected chi connectivity index (χ2v) is 10.6. The van der Waals surface area contributed by atoms with E-state index in [1.807, 2.05) is 13.0 Å². The Kier molecular flexibility index (Phi) is 11.2. The number of ether oxygens (including phenoxy) is 1. The number of nitrogens with one attached hydrogen (secondary N) is 2. The number of carbonyl (C=O) groups excluding carboxylic acids is 3. The van der Waals surface area contributed by atoms with Gasteiger partial charge < -0.3 is 20.3 Å². The number of hydrogen-bond donors (Lipinski definition) is 2. The molecule has 204 valence electrons. The molecule has 0 fully saturated rings. The van der Waals surface area contributed by atoms with Crippen molar-refractivity contribution in [3.05, 3.63) is 64.2 Å². The normalized spacial score (nSPS) is 12.6. The summed E-state index contributed by atoms with van der Waals surface area (Å²) in [6, 6.07) is 10.3. The molecule has 0 heterocycles. The SMILES string of the molecule is C#Cc1ccccc1C(C(=O)Nc1c(C)cccc1Cl)N(CCCCC)C(=O)C(C)NC(=O)OC(C)(C)C. The molecule has 0 spiro atoms. The predicted molar refractivity (Wildman–Crippen MR) is 152 cm³/mol. The van der Waals surface area contributed by atoms with Gasteiger partial charge >= 0.3 is 6.09 Å². The Morgan fingerprint density at radius 3 is 2.39 bits per heavy atom. The highest BCUT2D eigenvalue weighted by molar-refractivity contribution is 6.34. The summed E-state index contributed by atoms with van der Waals surface area (Å²) in [6.45, 7) is 11.0. The first-order valence-electron chi connectivity index (χ1n) is 12.8. The Bertz CT molecular complexity index is 1160. The molecule has 0 aromatic heterocycles. The first-order valence-corrected chi connectivity index (χ1v) is 13.2. The van der Waals surface area contributed by atoms with Crippen molar-refractivity contribution in [2.75, 3.05) is 11.9 Å². The van der Waals surface area contributed by atoms with Crippen LogP contribution in [-0.4, -0.2) is 41.0 Å². The maximum absolute atomic E-state index is 14.0. The number of benzene rings is 2. The first kappa shape index (κ1) is 30.7. The molecule has 7 nitrogen and oxygen atoms in total. The van der Waals surface area contributed by atoms with Gasteiger partial charge in [0.2, 0.25) is 5.91 Å². The van der Waals surface area contributed by atoms with E-state index in [1.165, 1.54) is 4.90 Å². The van der Waals surface area contributed by atoms with Crippen LogP contribution in [-0.2, 0) is 14.3 Å². The zero-order valence-corrected chi connectivity index (χ0v) is 23.8. The molecule has 0 radical (unpaired) electrons. The quantitative estimate of drug-likeness (QED) is 0.276. The van der Waals surface area contributed by atoms with E-state index in [0.717, 1.165) is 18.4 Å². The summed E-state index contributed by atoms with van der Waals surface area (Å²) in [7, 11) is 0. The van der Waals surface area contributed by atoms with Crippen LogP contribution < -0.4 is 10.6 Å². The van der Waals surface area contributed by atoms with Gasteiger partial charge in [-0.1, -0.05) is 67.6 Å². The molecule has 2 atom stereocenters. The first-order chi connectivity index (χ1) is 17.9. The van der Waals surface area contributed by atoms with Crippen LogP contribution in [0.25, 0.3) is 0 Å². The van der Waals surface area contributed by atoms with Gasteiger partial charge in [0.1, 0.15) is 17.7 Å². The number of terminal acetylenes is 1. The van der Waals surface area contributed by atoms with Crippen molar-refractivity contribution in [1.82, 2.24) is 10.2 Å². The van der Waals surface area contributed by atoms with Crippen LogP contribution in [0.2, 0.25) is 5.02 Å². The molecular weight excluding hydrogens is 502 g/mol. The third-order valence-electron chi connectivity index (χ3n) is 5.83. The van der Waals surface area contributed by atoms with Crippen molar-refractivity contribution in [2.45, 2.75) is 78.5 Å². The maximum Gasteiger partial charge on any atom is 0.408 e. The van der Waals surface area contributed by atoms with Gasteiger partial charge in [0.15, 0.2) is 0 Å². The lowest BCUT2D eigenvalue weighted by molar-refractivity contribution is -0.140. The average Bonchev–Trinajstić information content (AvgIpc) is 2.84. The summed E-state index contributed by atoms with van der Waals surface area (Å²) in [5, 5.41) is 5.90. The molecule has 3 amide bonds. The zero-order valence-electron chi connectivity index (χ0n) is 23.1. The number of anilines is 1. The molecule has 0 aliphatic heterocycles. The number of alkyl carbamates (subject to hydrolysis) is 1. The minimum absolute atomic E-state index is 0.283. The highest BCUT2D eigenvalue weighted by Crippen LogP contribution is 2.31. The lowest BCUT2D eigenvalue weighted by atomic mass is 9.97. The van der Waals surface area contributed by atoms with E-state index in [-0.39, 0.29) is 6.54 Å². The fraction of sp³-hybridized carbons (Fsp3) is 0.433. The van der Waals surface area contributed by atoms with E-state index in [1.54, 1.807) is 64.1 Å². The number of halogens is 1. The summed E-state index contributed by atoms with van der Waals surface area (Å²) in [5.74, 6) is 1.74. The van der Waals surface area contributed by atoms with Crippen molar-refractivity contribution < 1.29 is 19.1 Å². The predicted octanol–water partition coefficient (Wildman–Crippen LogP) is 6.24. The number of amides is 3. The fourth-order valence-corrected chi connectivity index (χ4v) is 4.26. The summed E-state index contributed by atoms with van der Waals surface area (Å²) in [4.78, 5) is 41.7. The summed E-state index contributed by atoms with van der Waals surface area (Å²) >= 11 is 6.40. The number of unbranched alkanes of at least 4 members (excludes halogenated alkanes) is 2. The number of para-hydroxylation sites is 1. The molecular formula is C30H38ClN3O4. The minimum Gasteiger partial charge on any atom is -0.444 e. The standard InChI is InChI=1S/C30H38ClN3O4/c1-8-10-13-19-34(28(36)21(4)32-29(37)38-30(5,6)7)26(23-17-12-11-16-22(23)9-2)27(35)33-25-20(3)15-14-18-24(25)31/h2,11-12,14-18,21,26H,8,10,13,19H2,1,3-7H3,(H,32,37)(H,33,35). The monoisotopic (exact) mass is 539 g/mol. The molecule has 0 bridgehead atoms. The molecule has 0 aliphatic carbocycles. The van der Waals surface area contributed by atoms with E-state index in [4.69, 9.17) is 22.8 Å². The van der Waals surface area contributed by atoms with Crippen LogP contribution in [0, 0.1) is 19.3 Å². The van der Waals surface area contributed by atoms with Gasteiger partial charge in [0.05, 0.1) is 10.7 Å². The third kappa shape index (κ3) is 8.53. The van der Waals surface area contributed by atoms with Crippen LogP contribution in [0.3, 0.4) is 0 Å². The van der Waals surface area contributed by atoms with Crippen LogP contribution in [0.1, 0.15) is 76.6 Å². The van der Waals surface area contributed by atoms with E-state index in [2.05, 4.69) is 23.5 Å². The molecule has 0 saturated heterocycles. The maximum atomic E-state index is 14.0. The molecule has 2 rings (SSSR count). The highest BCUT2D eigenvalue weighted by Gasteiger charge is 2.36. The molecule has 0 aliphatic rings. The van der Waals surface area contributed by atoms with Crippen molar-refractivity contribution in [1.29, 1.82) is 0 Å². The van der Waals surface area contributed by atoms with Crippen molar-refractivity contribution in [3.63, 3.8) is 0 Å². The fourth-order valence-electron chi connectivity index (χ4n) is 3.99. The number of nitrogens with zero attached hydrogens (tertiary/aromatic N) is 1. The molecule has 2 aromatic rings. The number of rotatable bonds is 10. The van der Waals surface area contributed by atoms with Gasteiger partial charge in [-0.05, 0) is 64.3 Å². The van der Waals surface area contributed by atoms with Crippen molar-refractivity contribution in [3.8, 4) is 12.3 Å². The second-order valence-electron chi connectivity index (χ2n) is 10.2. The lowest BCUT2D eigenvalue weighted by Crippen LogP contribution is -2.51. The van der Waals surface area contributed by atoms with E-state index < -0.39 is 35.6 Å². The molecule has 38 heavy (non-hydrogen) atoms. The van der Waals surface area contributed by atoms with Gasteiger partial charge in [-0.15, -0.1) is 6.42 Å². The number of aryl methyl sites for hydroxylation is 1. The summed E-state index contributed by atoms with van der Waals surface area (Å²) in [5.41, 5.74) is 1.51. The lowest BCUT2D eigenvalue weighted by Gasteiger charge is -2.34. The van der Waals surface area contributed by atoms with Gasteiger partial charge in [0, 0.05) is 12.1 Å². The number of carbonyl (C=O) groups is 3. The van der Waals surface area contributed by atoms with Gasteiger partial charge in [-0.25, -0.2) is 4.79 Å². The Balaban J connectivity index is 2.54. The summed E-state index contributed by atoms with van der Waals surface area (Å²) < 4.78 is 5.33. The molecule has 2 aromatic carbocycles. The van der Waals surface area contributed by atoms with E-state index >= 15 is 0 Å². The Morgan fingerprint density at radius 1 is 1.11 bits per heavy atom. The topological polar surface area (TPSA) is 87.7 Å². The second kappa shape index (κ2) is 13.9. The van der Waals surface area contributed by atoms with Crippen LogP contribution >= 0.6 is 11.6 Å². The average molecular weight is 540 g/mol. The van der Waals surface area contributed by atoms with Crippen molar-refractivity contribution >= 4 is 35.2 Å². The van der Waals surface area contributed by atoms with Crippen LogP contribution in [0.15, 0.2) is 42.5 Å². The van der Waals surface area contributed by atoms with Gasteiger partial charge in [0.25, 0.3) is 5.91 Å². The third-order valence-corrected chi connectivity index (χ3v) is 6.15. The van der Waals surface area contributed by atoms with E-state index in [0.29, 0.717) is 28.3 Å². The van der Waals surface area contributed by atoms with Gasteiger partial charge in [-0.2, -0.15) is 0 Å². The minimum atomic E-state index is -1.06. The molecule has 0 saturated carbocycles. The van der Waals surface area contributed by atoms with Crippen LogP contribution in [0.5, 0.6) is 0 Å². The Labute approximate surface area is 231 Å². The zero-order chi connectivity index (χ0) is 28.5. The molecule has 2 N–H and O–H groups in total. The van der Waals surface area contributed by atoms with Crippen LogP contribution in [0.4, 0.5) is 10.5 Å². The van der Waals surface area contributed by atoms with E-state index in [9.17, 15) is 14.4 Å². The molecule has 2 unspecified atom stereocenters. The number of hydrogen-bond acceptors (Lipinski definition) is 4. The Morgan fingerprint density at radius 2 is 1.79 bits per heavy atom. The summed E-state index contributed by atoms with van der Waals surface area (Å²) in [6.07, 6.45) is 7.51. The highest BCUT2D eigenvalue weighted by atomic mass is 35.5. The smallest absolute Gasteiger partial charge is 0.408 e. The Hall–Kier alpha value is -3.50. The molecule has 8 heteroatoms. The largest absolute Gasteiger partial charge is 0.444 e.